The summed E-state index contributed by atoms with van der Waals surface area (Å²) in [4.78, 5) is 4.60. The standard InChI is InChI=1S/C18H25N2/c1-12(2)15-7-8-18(20(6)11-15)16-10-19-17(13(3)4)9-14(16)5/h7-13H,1-6H3/q+1. The minimum atomic E-state index is 0.472. The number of rotatable bonds is 3. The van der Waals surface area contributed by atoms with Gasteiger partial charge in [-0.1, -0.05) is 27.7 Å². The number of pyridine rings is 2. The molecular weight excluding hydrogens is 244 g/mol. The second-order valence-electron chi connectivity index (χ2n) is 6.19. The lowest BCUT2D eigenvalue weighted by atomic mass is 10.0. The van der Waals surface area contributed by atoms with Crippen LogP contribution in [-0.4, -0.2) is 4.98 Å². The van der Waals surface area contributed by atoms with Gasteiger partial charge in [0, 0.05) is 23.5 Å². The first-order valence-corrected chi connectivity index (χ1v) is 7.36. The fourth-order valence-electron chi connectivity index (χ4n) is 2.41. The molecule has 106 valence electrons. The Hall–Kier alpha value is -1.70. The van der Waals surface area contributed by atoms with E-state index in [1.54, 1.807) is 0 Å². The fourth-order valence-corrected chi connectivity index (χ4v) is 2.41. The van der Waals surface area contributed by atoms with Crippen LogP contribution in [0.3, 0.4) is 0 Å². The number of aromatic nitrogens is 2. The molecule has 2 rings (SSSR count). The zero-order valence-corrected chi connectivity index (χ0v) is 13.4. The van der Waals surface area contributed by atoms with Crippen molar-refractivity contribution in [2.45, 2.75) is 46.5 Å². The molecule has 2 heterocycles. The van der Waals surface area contributed by atoms with Crippen molar-refractivity contribution in [3.63, 3.8) is 0 Å². The summed E-state index contributed by atoms with van der Waals surface area (Å²) in [5.41, 5.74) is 6.24. The molecular formula is C18H25N2+. The van der Waals surface area contributed by atoms with E-state index >= 15 is 0 Å². The van der Waals surface area contributed by atoms with Crippen LogP contribution in [0.15, 0.2) is 30.6 Å². The smallest absolute Gasteiger partial charge is 0.214 e. The van der Waals surface area contributed by atoms with Crippen LogP contribution in [0.4, 0.5) is 0 Å². The Balaban J connectivity index is 2.46. The van der Waals surface area contributed by atoms with Gasteiger partial charge in [-0.25, -0.2) is 4.57 Å². The average Bonchev–Trinajstić information content (AvgIpc) is 2.38. The van der Waals surface area contributed by atoms with Crippen LogP contribution in [0, 0.1) is 6.92 Å². The van der Waals surface area contributed by atoms with Gasteiger partial charge in [-0.3, -0.25) is 4.98 Å². The maximum atomic E-state index is 4.60. The van der Waals surface area contributed by atoms with Crippen molar-refractivity contribution in [1.29, 1.82) is 0 Å². The fraction of sp³-hybridized carbons (Fsp3) is 0.444. The molecule has 0 amide bonds. The molecule has 0 aliphatic carbocycles. The molecule has 0 saturated heterocycles. The molecule has 0 aromatic carbocycles. The molecule has 0 unspecified atom stereocenters. The molecule has 0 aliphatic heterocycles. The van der Waals surface area contributed by atoms with Gasteiger partial charge in [0.05, 0.1) is 5.56 Å². The van der Waals surface area contributed by atoms with Crippen LogP contribution >= 0.6 is 0 Å². The lowest BCUT2D eigenvalue weighted by Crippen LogP contribution is -2.31. The summed E-state index contributed by atoms with van der Waals surface area (Å²) < 4.78 is 2.20. The molecule has 2 heteroatoms. The Bertz CT molecular complexity index is 557. The molecule has 0 radical (unpaired) electrons. The van der Waals surface area contributed by atoms with Crippen molar-refractivity contribution >= 4 is 0 Å². The molecule has 0 saturated carbocycles. The Kier molecular flexibility index (Phi) is 4.22. The predicted octanol–water partition coefficient (Wildman–Crippen LogP) is 4.13. The van der Waals surface area contributed by atoms with Crippen molar-refractivity contribution in [3.8, 4) is 11.3 Å². The third kappa shape index (κ3) is 2.90. The number of hydrogen-bond acceptors (Lipinski definition) is 1. The van der Waals surface area contributed by atoms with Gasteiger partial charge < -0.3 is 0 Å². The van der Waals surface area contributed by atoms with Crippen molar-refractivity contribution in [2.75, 3.05) is 0 Å². The Morgan fingerprint density at radius 3 is 2.25 bits per heavy atom. The largest absolute Gasteiger partial charge is 0.260 e. The molecule has 0 atom stereocenters. The van der Waals surface area contributed by atoms with Gasteiger partial charge >= 0.3 is 0 Å². The van der Waals surface area contributed by atoms with E-state index in [0.717, 1.165) is 5.69 Å². The maximum absolute atomic E-state index is 4.60. The Morgan fingerprint density at radius 1 is 1.05 bits per heavy atom. The average molecular weight is 269 g/mol. The van der Waals surface area contributed by atoms with Gasteiger partial charge in [0.25, 0.3) is 0 Å². The van der Waals surface area contributed by atoms with E-state index < -0.39 is 0 Å². The molecule has 2 aromatic rings. The van der Waals surface area contributed by atoms with Crippen molar-refractivity contribution < 1.29 is 4.57 Å². The van der Waals surface area contributed by atoms with Gasteiger partial charge in [-0.15, -0.1) is 0 Å². The van der Waals surface area contributed by atoms with Crippen LogP contribution in [0.2, 0.25) is 0 Å². The zero-order chi connectivity index (χ0) is 14.9. The highest BCUT2D eigenvalue weighted by Crippen LogP contribution is 2.23. The lowest BCUT2D eigenvalue weighted by molar-refractivity contribution is -0.660. The van der Waals surface area contributed by atoms with Gasteiger partial charge in [-0.05, 0) is 36.5 Å². The van der Waals surface area contributed by atoms with E-state index in [1.807, 2.05) is 6.20 Å². The predicted molar refractivity (Wildman–Crippen MR) is 83.8 cm³/mol. The van der Waals surface area contributed by atoms with E-state index in [1.165, 1.54) is 22.4 Å². The quantitative estimate of drug-likeness (QED) is 0.766. The molecule has 0 bridgehead atoms. The molecule has 0 N–H and O–H groups in total. The van der Waals surface area contributed by atoms with Crippen LogP contribution in [0.25, 0.3) is 11.3 Å². The molecule has 0 fully saturated rings. The molecule has 0 spiro atoms. The van der Waals surface area contributed by atoms with Gasteiger partial charge in [0.15, 0.2) is 6.20 Å². The number of hydrogen-bond donors (Lipinski definition) is 0. The van der Waals surface area contributed by atoms with E-state index in [9.17, 15) is 0 Å². The second-order valence-corrected chi connectivity index (χ2v) is 6.19. The van der Waals surface area contributed by atoms with Crippen molar-refractivity contribution in [1.82, 2.24) is 4.98 Å². The highest BCUT2D eigenvalue weighted by atomic mass is 14.9. The first-order chi connectivity index (χ1) is 9.40. The zero-order valence-electron chi connectivity index (χ0n) is 13.4. The third-order valence-corrected chi connectivity index (χ3v) is 3.82. The summed E-state index contributed by atoms with van der Waals surface area (Å²) in [7, 11) is 2.11. The molecule has 20 heavy (non-hydrogen) atoms. The normalized spacial score (nSPS) is 11.4. The molecule has 0 aliphatic rings. The minimum Gasteiger partial charge on any atom is -0.260 e. The van der Waals surface area contributed by atoms with E-state index in [0.29, 0.717) is 11.8 Å². The van der Waals surface area contributed by atoms with E-state index in [-0.39, 0.29) is 0 Å². The number of nitrogens with zero attached hydrogens (tertiary/aromatic N) is 2. The number of aryl methyl sites for hydroxylation is 2. The minimum absolute atomic E-state index is 0.472. The third-order valence-electron chi connectivity index (χ3n) is 3.82. The summed E-state index contributed by atoms with van der Waals surface area (Å²) >= 11 is 0. The van der Waals surface area contributed by atoms with Gasteiger partial charge in [0.2, 0.25) is 5.69 Å². The topological polar surface area (TPSA) is 16.8 Å². The van der Waals surface area contributed by atoms with Crippen LogP contribution < -0.4 is 4.57 Å². The highest BCUT2D eigenvalue weighted by molar-refractivity contribution is 5.60. The van der Waals surface area contributed by atoms with E-state index in [2.05, 4.69) is 75.6 Å². The van der Waals surface area contributed by atoms with Gasteiger partial charge in [0.1, 0.15) is 7.05 Å². The monoisotopic (exact) mass is 269 g/mol. The Morgan fingerprint density at radius 2 is 1.75 bits per heavy atom. The summed E-state index contributed by atoms with van der Waals surface area (Å²) in [5, 5.41) is 0. The highest BCUT2D eigenvalue weighted by Gasteiger charge is 2.15. The Labute approximate surface area is 122 Å². The summed E-state index contributed by atoms with van der Waals surface area (Å²) in [6.07, 6.45) is 4.23. The van der Waals surface area contributed by atoms with Crippen molar-refractivity contribution in [2.24, 2.45) is 7.05 Å². The van der Waals surface area contributed by atoms with Crippen LogP contribution in [-0.2, 0) is 7.05 Å². The van der Waals surface area contributed by atoms with Crippen LogP contribution in [0.1, 0.15) is 56.4 Å². The molecule has 2 aromatic heterocycles. The van der Waals surface area contributed by atoms with Gasteiger partial charge in [-0.2, -0.15) is 0 Å². The summed E-state index contributed by atoms with van der Waals surface area (Å²) in [6, 6.07) is 6.63. The first kappa shape index (κ1) is 14.7. The second kappa shape index (κ2) is 5.74. The summed E-state index contributed by atoms with van der Waals surface area (Å²) in [6.45, 7) is 11.0. The molecule has 2 nitrogen and oxygen atoms in total. The summed E-state index contributed by atoms with van der Waals surface area (Å²) in [5.74, 6) is 1.03. The van der Waals surface area contributed by atoms with E-state index in [4.69, 9.17) is 0 Å². The van der Waals surface area contributed by atoms with Crippen LogP contribution in [0.5, 0.6) is 0 Å². The first-order valence-electron chi connectivity index (χ1n) is 7.36. The van der Waals surface area contributed by atoms with Crippen molar-refractivity contribution in [3.05, 3.63) is 47.4 Å². The maximum Gasteiger partial charge on any atom is 0.214 e. The lowest BCUT2D eigenvalue weighted by Gasteiger charge is -2.10. The SMILES string of the molecule is Cc1cc(C(C)C)ncc1-c1ccc(C(C)C)c[n+]1C.